The van der Waals surface area contributed by atoms with Gasteiger partial charge in [-0.1, -0.05) is 52.3 Å². The molecule has 3 saturated heterocycles. The fourth-order valence-corrected chi connectivity index (χ4v) is 6.41. The van der Waals surface area contributed by atoms with E-state index in [-0.39, 0.29) is 41.9 Å². The Hall–Kier alpha value is -1.66. The lowest BCUT2D eigenvalue weighted by molar-refractivity contribution is -0.198. The number of hydrogen-bond acceptors (Lipinski definition) is 5. The summed E-state index contributed by atoms with van der Waals surface area (Å²) in [5.41, 5.74) is 2.12. The van der Waals surface area contributed by atoms with E-state index in [1.54, 1.807) is 0 Å². The van der Waals surface area contributed by atoms with Gasteiger partial charge in [0.15, 0.2) is 4.32 Å². The Kier molecular flexibility index (Phi) is 3.60. The second-order valence-corrected chi connectivity index (χ2v) is 8.83. The van der Waals surface area contributed by atoms with Gasteiger partial charge in [0, 0.05) is 18.3 Å². The Bertz CT molecular complexity index is 806. The smallest absolute Gasteiger partial charge is 0.326 e. The zero-order valence-electron chi connectivity index (χ0n) is 14.3. The third kappa shape index (κ3) is 2.00. The molecule has 1 aromatic rings. The molecule has 0 N–H and O–H groups in total. The summed E-state index contributed by atoms with van der Waals surface area (Å²) in [7, 11) is 1.42. The molecular weight excluding hydrogens is 400 g/mol. The van der Waals surface area contributed by atoms with Crippen LogP contribution in [0, 0.1) is 17.8 Å². The van der Waals surface area contributed by atoms with Crippen molar-refractivity contribution in [3.05, 3.63) is 47.5 Å². The number of methoxy groups -OCH3 is 1. The number of esters is 2. The number of hydrogen-bond donors (Lipinski definition) is 0. The van der Waals surface area contributed by atoms with E-state index in [2.05, 4.69) is 15.9 Å². The molecule has 136 valence electrons. The first-order valence-electron chi connectivity index (χ1n) is 8.91. The first-order chi connectivity index (χ1) is 12.6. The maximum absolute atomic E-state index is 12.7. The van der Waals surface area contributed by atoms with Crippen LogP contribution in [0.5, 0.6) is 0 Å². The summed E-state index contributed by atoms with van der Waals surface area (Å²) in [5.74, 6) is -1.02. The highest BCUT2D eigenvalue weighted by Crippen LogP contribution is 2.62. The second-order valence-electron chi connectivity index (χ2n) is 7.51. The van der Waals surface area contributed by atoms with E-state index in [0.29, 0.717) is 13.0 Å². The van der Waals surface area contributed by atoms with E-state index >= 15 is 0 Å². The number of carbonyl (C=O) groups is 2. The minimum absolute atomic E-state index is 0.00720. The first-order valence-corrected chi connectivity index (χ1v) is 9.71. The molecule has 5 aliphatic rings. The SMILES string of the molecule is COC(=O)[C@@H]1C=C2[C@@H]3C[C@@H]4OCC([C@@H]1c1ccccc1)[C@H]2[C@]4(Br)C(=O)O3. The fourth-order valence-electron chi connectivity index (χ4n) is 5.39. The number of halogens is 1. The Morgan fingerprint density at radius 3 is 2.81 bits per heavy atom. The summed E-state index contributed by atoms with van der Waals surface area (Å²) in [4.78, 5) is 25.3. The molecule has 1 aromatic carbocycles. The van der Waals surface area contributed by atoms with E-state index in [4.69, 9.17) is 14.2 Å². The number of carbonyl (C=O) groups excluding carboxylic acids is 2. The molecular formula is C20H19BrO5. The normalized spacial score (nSPS) is 42.7. The maximum atomic E-state index is 12.7. The van der Waals surface area contributed by atoms with E-state index in [9.17, 15) is 9.59 Å². The average molecular weight is 419 g/mol. The van der Waals surface area contributed by atoms with Crippen LogP contribution < -0.4 is 0 Å². The van der Waals surface area contributed by atoms with Gasteiger partial charge in [0.2, 0.25) is 0 Å². The molecule has 4 fully saturated rings. The van der Waals surface area contributed by atoms with Crippen LogP contribution in [0.4, 0.5) is 0 Å². The first kappa shape index (κ1) is 16.5. The lowest BCUT2D eigenvalue weighted by Crippen LogP contribution is -2.70. The van der Waals surface area contributed by atoms with Crippen molar-refractivity contribution in [2.45, 2.75) is 28.9 Å². The summed E-state index contributed by atoms with van der Waals surface area (Å²) in [6.45, 7) is 0.521. The molecule has 0 aromatic heterocycles. The Labute approximate surface area is 159 Å². The van der Waals surface area contributed by atoms with Crippen molar-refractivity contribution in [3.8, 4) is 0 Å². The predicted octanol–water partition coefficient (Wildman–Crippen LogP) is 2.59. The van der Waals surface area contributed by atoms with Crippen LogP contribution in [0.25, 0.3) is 0 Å². The molecule has 0 radical (unpaired) electrons. The van der Waals surface area contributed by atoms with Gasteiger partial charge in [-0.05, 0) is 17.1 Å². The minimum Gasteiger partial charge on any atom is -0.469 e. The van der Waals surface area contributed by atoms with E-state index in [1.807, 2.05) is 36.4 Å². The molecule has 0 spiro atoms. The minimum atomic E-state index is -0.857. The molecule has 5 nitrogen and oxygen atoms in total. The highest BCUT2D eigenvalue weighted by atomic mass is 79.9. The maximum Gasteiger partial charge on any atom is 0.326 e. The lowest BCUT2D eigenvalue weighted by Gasteiger charge is -2.61. The van der Waals surface area contributed by atoms with Gasteiger partial charge in [-0.25, -0.2) is 0 Å². The van der Waals surface area contributed by atoms with Gasteiger partial charge in [-0.3, -0.25) is 9.59 Å². The van der Waals surface area contributed by atoms with Crippen molar-refractivity contribution < 1.29 is 23.8 Å². The van der Waals surface area contributed by atoms with Gasteiger partial charge in [-0.15, -0.1) is 0 Å². The highest BCUT2D eigenvalue weighted by Gasteiger charge is 2.69. The van der Waals surface area contributed by atoms with Crippen LogP contribution >= 0.6 is 15.9 Å². The molecule has 0 amide bonds. The number of rotatable bonds is 2. The zero-order valence-corrected chi connectivity index (χ0v) is 15.8. The third-order valence-electron chi connectivity index (χ3n) is 6.44. The van der Waals surface area contributed by atoms with Gasteiger partial charge in [0.05, 0.1) is 25.7 Å². The van der Waals surface area contributed by atoms with Crippen molar-refractivity contribution >= 4 is 27.9 Å². The van der Waals surface area contributed by atoms with Crippen molar-refractivity contribution in [3.63, 3.8) is 0 Å². The van der Waals surface area contributed by atoms with Crippen LogP contribution in [0.15, 0.2) is 42.0 Å². The lowest BCUT2D eigenvalue weighted by atomic mass is 9.54. The van der Waals surface area contributed by atoms with E-state index in [0.717, 1.165) is 11.1 Å². The molecule has 3 aliphatic heterocycles. The summed E-state index contributed by atoms with van der Waals surface area (Å²) in [6.07, 6.45) is 2.15. The molecule has 4 bridgehead atoms. The summed E-state index contributed by atoms with van der Waals surface area (Å²) in [5, 5.41) is 0. The number of benzene rings is 1. The molecule has 2 aliphatic carbocycles. The molecule has 6 heteroatoms. The second kappa shape index (κ2) is 5.67. The van der Waals surface area contributed by atoms with Gasteiger partial charge in [0.25, 0.3) is 0 Å². The van der Waals surface area contributed by atoms with Gasteiger partial charge in [-0.2, -0.15) is 0 Å². The van der Waals surface area contributed by atoms with Gasteiger partial charge < -0.3 is 14.2 Å². The third-order valence-corrected chi connectivity index (χ3v) is 7.77. The quantitative estimate of drug-likeness (QED) is 0.419. The number of alkyl halides is 1. The standard InChI is InChI=1S/C20H19BrO5/c1-24-18(22)12-7-11-14-8-15-20(21,19(23)26-14)17(11)13(9-25-15)16(12)10-5-3-2-4-6-10/h2-7,12-17H,8-9H2,1H3/t12-,13?,14+,15+,16-,17+,20+/m1/s1. The van der Waals surface area contributed by atoms with E-state index in [1.165, 1.54) is 7.11 Å². The van der Waals surface area contributed by atoms with Crippen LogP contribution in [0.2, 0.25) is 0 Å². The Balaban J connectivity index is 1.70. The van der Waals surface area contributed by atoms with Crippen molar-refractivity contribution in [1.29, 1.82) is 0 Å². The molecule has 7 atom stereocenters. The summed E-state index contributed by atoms with van der Waals surface area (Å²) >= 11 is 3.71. The molecule has 3 heterocycles. The number of fused-ring (bicyclic) bond motifs is 1. The largest absolute Gasteiger partial charge is 0.469 e. The molecule has 1 unspecified atom stereocenters. The van der Waals surface area contributed by atoms with Crippen molar-refractivity contribution in [2.75, 3.05) is 13.7 Å². The molecule has 6 rings (SSSR count). The van der Waals surface area contributed by atoms with E-state index < -0.39 is 10.2 Å². The summed E-state index contributed by atoms with van der Waals surface area (Å²) in [6, 6.07) is 9.97. The van der Waals surface area contributed by atoms with Gasteiger partial charge >= 0.3 is 11.9 Å². The predicted molar refractivity (Wildman–Crippen MR) is 95.6 cm³/mol. The Morgan fingerprint density at radius 2 is 2.08 bits per heavy atom. The van der Waals surface area contributed by atoms with Crippen molar-refractivity contribution in [1.82, 2.24) is 0 Å². The molecule has 26 heavy (non-hydrogen) atoms. The van der Waals surface area contributed by atoms with Crippen LogP contribution in [0.1, 0.15) is 17.9 Å². The molecule has 1 saturated carbocycles. The van der Waals surface area contributed by atoms with Crippen molar-refractivity contribution in [2.24, 2.45) is 17.8 Å². The monoisotopic (exact) mass is 418 g/mol. The highest BCUT2D eigenvalue weighted by molar-refractivity contribution is 9.10. The fraction of sp³-hybridized carbons (Fsp3) is 0.500. The zero-order chi connectivity index (χ0) is 18.1. The Morgan fingerprint density at radius 1 is 1.31 bits per heavy atom. The topological polar surface area (TPSA) is 61.8 Å². The van der Waals surface area contributed by atoms with Crippen LogP contribution in [0.3, 0.4) is 0 Å². The summed E-state index contributed by atoms with van der Waals surface area (Å²) < 4.78 is 16.0. The van der Waals surface area contributed by atoms with Gasteiger partial charge in [0.1, 0.15) is 6.10 Å². The van der Waals surface area contributed by atoms with Crippen LogP contribution in [-0.2, 0) is 23.8 Å². The average Bonchev–Trinajstić information content (AvgIpc) is 2.66. The van der Waals surface area contributed by atoms with Crippen LogP contribution in [-0.4, -0.2) is 42.2 Å². The number of ether oxygens (including phenoxy) is 3.